The maximum absolute atomic E-state index is 13.4. The fraction of sp³-hybridized carbons (Fsp3) is 0.517. The van der Waals surface area contributed by atoms with E-state index in [-0.39, 0.29) is 29.8 Å². The van der Waals surface area contributed by atoms with Gasteiger partial charge in [0.15, 0.2) is 6.61 Å². The number of thiazole rings is 1. The van der Waals surface area contributed by atoms with Gasteiger partial charge >= 0.3 is 0 Å². The zero-order valence-electron chi connectivity index (χ0n) is 23.7. The van der Waals surface area contributed by atoms with Crippen molar-refractivity contribution in [1.29, 1.82) is 0 Å². The molecule has 0 aliphatic carbocycles. The molecule has 0 bridgehead atoms. The number of nitrogens with one attached hydrogen (secondary N) is 1. The van der Waals surface area contributed by atoms with Gasteiger partial charge in [0.05, 0.1) is 29.0 Å². The monoisotopic (exact) mass is 540 g/mol. The molecule has 2 amide bonds. The number of nitrogens with zero attached hydrogens (tertiary/aromatic N) is 3. The number of para-hydroxylation sites is 1. The number of carbonyl (C=O) groups excluding carboxylic acids is 2. The van der Waals surface area contributed by atoms with Crippen LogP contribution in [0.1, 0.15) is 93.5 Å². The van der Waals surface area contributed by atoms with Gasteiger partial charge in [0.1, 0.15) is 17.6 Å². The molecule has 2 heterocycles. The van der Waals surface area contributed by atoms with Crippen LogP contribution in [0.3, 0.4) is 0 Å². The number of amides is 2. The fourth-order valence-corrected chi connectivity index (χ4v) is 4.65. The van der Waals surface area contributed by atoms with Gasteiger partial charge in [-0.05, 0) is 24.5 Å². The zero-order chi connectivity index (χ0) is 28.0. The van der Waals surface area contributed by atoms with Gasteiger partial charge in [-0.25, -0.2) is 9.97 Å². The van der Waals surface area contributed by atoms with E-state index in [1.54, 1.807) is 53.7 Å². The Hall–Kier alpha value is -3.20. The quantitative estimate of drug-likeness (QED) is 0.324. The molecule has 0 saturated heterocycles. The normalized spacial score (nSPS) is 12.6. The number of ether oxygens (including phenoxy) is 1. The number of aromatic nitrogens is 2. The molecule has 1 atom stereocenters. The molecule has 0 aliphatic rings. The smallest absolute Gasteiger partial charge is 0.255 e. The van der Waals surface area contributed by atoms with E-state index in [2.05, 4.69) is 29.1 Å². The Bertz CT molecular complexity index is 1230. The largest absolute Gasteiger partial charge is 0.483 e. The van der Waals surface area contributed by atoms with Crippen molar-refractivity contribution >= 4 is 23.2 Å². The highest BCUT2D eigenvalue weighted by atomic mass is 32.1. The molecule has 0 unspecified atom stereocenters. The first-order valence-electron chi connectivity index (χ1n) is 13.0. The van der Waals surface area contributed by atoms with Gasteiger partial charge in [0.25, 0.3) is 5.91 Å². The van der Waals surface area contributed by atoms with Crippen molar-refractivity contribution in [1.82, 2.24) is 20.2 Å². The van der Waals surface area contributed by atoms with Crippen molar-refractivity contribution < 1.29 is 18.7 Å². The van der Waals surface area contributed by atoms with Gasteiger partial charge in [0, 0.05) is 23.8 Å². The summed E-state index contributed by atoms with van der Waals surface area (Å²) < 4.78 is 11.7. The summed E-state index contributed by atoms with van der Waals surface area (Å²) in [5, 5.41) is 5.98. The molecule has 3 rings (SSSR count). The number of rotatable bonds is 11. The van der Waals surface area contributed by atoms with Crippen LogP contribution in [-0.4, -0.2) is 39.8 Å². The van der Waals surface area contributed by atoms with E-state index in [1.165, 1.54) is 0 Å². The SMILES string of the molecule is CC(C)C[C@@H](NC(=O)c1ccccc1OCc1ncc(C(C)(C)C)o1)C(=O)N(C)Cc1csc(C(C)C)n1. The molecule has 0 fully saturated rings. The van der Waals surface area contributed by atoms with Crippen molar-refractivity contribution in [2.24, 2.45) is 5.92 Å². The summed E-state index contributed by atoms with van der Waals surface area (Å²) >= 11 is 1.60. The van der Waals surface area contributed by atoms with Crippen LogP contribution in [0, 0.1) is 5.92 Å². The maximum atomic E-state index is 13.4. The van der Waals surface area contributed by atoms with Crippen molar-refractivity contribution in [2.45, 2.75) is 85.4 Å². The molecule has 3 aromatic rings. The lowest BCUT2D eigenvalue weighted by Gasteiger charge is -2.25. The predicted molar refractivity (Wildman–Crippen MR) is 149 cm³/mol. The van der Waals surface area contributed by atoms with Crippen LogP contribution in [0.4, 0.5) is 0 Å². The predicted octanol–water partition coefficient (Wildman–Crippen LogP) is 5.93. The number of hydrogen-bond donors (Lipinski definition) is 1. The molecule has 1 N–H and O–H groups in total. The molecule has 0 saturated carbocycles. The Kier molecular flexibility index (Phi) is 9.71. The summed E-state index contributed by atoms with van der Waals surface area (Å²) in [7, 11) is 1.75. The molecule has 206 valence electrons. The lowest BCUT2D eigenvalue weighted by molar-refractivity contribution is -0.132. The van der Waals surface area contributed by atoms with Crippen LogP contribution < -0.4 is 10.1 Å². The van der Waals surface area contributed by atoms with Gasteiger partial charge in [-0.2, -0.15) is 0 Å². The average Bonchev–Trinajstić information content (AvgIpc) is 3.51. The second kappa shape index (κ2) is 12.6. The molecule has 2 aromatic heterocycles. The van der Waals surface area contributed by atoms with Crippen LogP contribution in [0.2, 0.25) is 0 Å². The summed E-state index contributed by atoms with van der Waals surface area (Å²) in [5.74, 6) is 1.62. The van der Waals surface area contributed by atoms with Crippen LogP contribution in [0.5, 0.6) is 5.75 Å². The average molecular weight is 541 g/mol. The van der Waals surface area contributed by atoms with Crippen molar-refractivity contribution in [3.05, 3.63) is 63.8 Å². The summed E-state index contributed by atoms with van der Waals surface area (Å²) in [6, 6.07) is 6.30. The summed E-state index contributed by atoms with van der Waals surface area (Å²) in [4.78, 5) is 37.3. The van der Waals surface area contributed by atoms with E-state index < -0.39 is 6.04 Å². The van der Waals surface area contributed by atoms with E-state index in [4.69, 9.17) is 9.15 Å². The molecular weight excluding hydrogens is 500 g/mol. The fourth-order valence-electron chi connectivity index (χ4n) is 3.82. The minimum atomic E-state index is -0.676. The lowest BCUT2D eigenvalue weighted by Crippen LogP contribution is -2.47. The third kappa shape index (κ3) is 7.90. The highest BCUT2D eigenvalue weighted by Gasteiger charge is 2.27. The molecule has 38 heavy (non-hydrogen) atoms. The van der Waals surface area contributed by atoms with Crippen LogP contribution in [-0.2, 0) is 23.4 Å². The number of oxazole rings is 1. The molecule has 0 radical (unpaired) electrons. The number of hydrogen-bond acceptors (Lipinski definition) is 7. The first-order chi connectivity index (χ1) is 17.8. The van der Waals surface area contributed by atoms with E-state index in [0.717, 1.165) is 16.5 Å². The summed E-state index contributed by atoms with van der Waals surface area (Å²) in [6.45, 7) is 14.9. The third-order valence-electron chi connectivity index (χ3n) is 5.92. The maximum Gasteiger partial charge on any atom is 0.255 e. The number of likely N-dealkylation sites (N-methyl/N-ethyl adjacent to an activating group) is 1. The van der Waals surface area contributed by atoms with Crippen LogP contribution >= 0.6 is 11.3 Å². The molecule has 8 nitrogen and oxygen atoms in total. The minimum absolute atomic E-state index is 0.0868. The highest BCUT2D eigenvalue weighted by Crippen LogP contribution is 2.25. The lowest BCUT2D eigenvalue weighted by atomic mass is 9.94. The van der Waals surface area contributed by atoms with Crippen molar-refractivity contribution in [3.63, 3.8) is 0 Å². The van der Waals surface area contributed by atoms with E-state index in [0.29, 0.717) is 36.1 Å². The van der Waals surface area contributed by atoms with E-state index >= 15 is 0 Å². The third-order valence-corrected chi connectivity index (χ3v) is 7.12. The first-order valence-corrected chi connectivity index (χ1v) is 13.9. The minimum Gasteiger partial charge on any atom is -0.483 e. The van der Waals surface area contributed by atoms with Crippen molar-refractivity contribution in [3.8, 4) is 5.75 Å². The molecule has 9 heteroatoms. The Morgan fingerprint density at radius 2 is 1.87 bits per heavy atom. The first kappa shape index (κ1) is 29.4. The standard InChI is InChI=1S/C29H40N4O4S/c1-18(2)13-22(28(35)33(8)15-20-17-38-27(31-20)19(3)4)32-26(34)21-11-9-10-12-23(21)36-16-25-30-14-24(37-25)29(5,6)7/h9-12,14,17-19,22H,13,15-16H2,1-8H3,(H,32,34)/t22-/m1/s1. The second-order valence-electron chi connectivity index (χ2n) is 11.3. The summed E-state index contributed by atoms with van der Waals surface area (Å²) in [6.07, 6.45) is 2.21. The van der Waals surface area contributed by atoms with E-state index in [9.17, 15) is 9.59 Å². The molecule has 0 aliphatic heterocycles. The van der Waals surface area contributed by atoms with Gasteiger partial charge < -0.3 is 19.4 Å². The van der Waals surface area contributed by atoms with Crippen LogP contribution in [0.25, 0.3) is 0 Å². The Balaban J connectivity index is 1.70. The van der Waals surface area contributed by atoms with Gasteiger partial charge in [-0.1, -0.05) is 60.6 Å². The van der Waals surface area contributed by atoms with Crippen LogP contribution in [0.15, 0.2) is 40.3 Å². The molecule has 1 aromatic carbocycles. The Morgan fingerprint density at radius 1 is 1.16 bits per heavy atom. The zero-order valence-corrected chi connectivity index (χ0v) is 24.5. The van der Waals surface area contributed by atoms with Crippen molar-refractivity contribution in [2.75, 3.05) is 7.05 Å². The second-order valence-corrected chi connectivity index (χ2v) is 12.2. The number of benzene rings is 1. The van der Waals surface area contributed by atoms with Gasteiger partial charge in [0.2, 0.25) is 11.8 Å². The topological polar surface area (TPSA) is 97.6 Å². The molecule has 0 spiro atoms. The van der Waals surface area contributed by atoms with Gasteiger partial charge in [-0.3, -0.25) is 9.59 Å². The Morgan fingerprint density at radius 3 is 2.47 bits per heavy atom. The van der Waals surface area contributed by atoms with E-state index in [1.807, 2.05) is 40.0 Å². The van der Waals surface area contributed by atoms with Gasteiger partial charge in [-0.15, -0.1) is 11.3 Å². The summed E-state index contributed by atoms with van der Waals surface area (Å²) in [5.41, 5.74) is 1.04. The molecular formula is C29H40N4O4S. The highest BCUT2D eigenvalue weighted by molar-refractivity contribution is 7.09. The Labute approximate surface area is 229 Å². The number of carbonyl (C=O) groups is 2.